The summed E-state index contributed by atoms with van der Waals surface area (Å²) in [7, 11) is 0. The van der Waals surface area contributed by atoms with Crippen molar-refractivity contribution in [3.8, 4) is 0 Å². The molecule has 1 unspecified atom stereocenters. The summed E-state index contributed by atoms with van der Waals surface area (Å²) in [4.78, 5) is 30.5. The monoisotopic (exact) mass is 498 g/mol. The summed E-state index contributed by atoms with van der Waals surface area (Å²) < 4.78 is 5.49. The van der Waals surface area contributed by atoms with Gasteiger partial charge in [-0.3, -0.25) is 9.78 Å². The fourth-order valence-electron chi connectivity index (χ4n) is 4.47. The van der Waals surface area contributed by atoms with Crippen molar-refractivity contribution in [2.24, 2.45) is 11.3 Å². The van der Waals surface area contributed by atoms with Gasteiger partial charge in [0.2, 0.25) is 0 Å². The van der Waals surface area contributed by atoms with Crippen LogP contribution in [0.2, 0.25) is 10.0 Å². The van der Waals surface area contributed by atoms with Crippen LogP contribution < -0.4 is 5.32 Å². The Morgan fingerprint density at radius 1 is 1.15 bits per heavy atom. The number of nitrogens with zero attached hydrogens (tertiary/aromatic N) is 1. The maximum absolute atomic E-state index is 13.3. The normalized spacial score (nSPS) is 15.6. The topological polar surface area (TPSA) is 68.3 Å². The Morgan fingerprint density at radius 2 is 1.91 bits per heavy atom. The third-order valence-electron chi connectivity index (χ3n) is 6.51. The lowest BCUT2D eigenvalue weighted by Gasteiger charge is -2.35. The Morgan fingerprint density at radius 3 is 2.65 bits per heavy atom. The molecule has 34 heavy (non-hydrogen) atoms. The van der Waals surface area contributed by atoms with Gasteiger partial charge in [0.15, 0.2) is 6.61 Å². The van der Waals surface area contributed by atoms with E-state index in [1.165, 1.54) is 0 Å². The number of benzene rings is 2. The molecule has 5 nitrogen and oxygen atoms in total. The van der Waals surface area contributed by atoms with Crippen molar-refractivity contribution in [3.63, 3.8) is 0 Å². The number of ether oxygens (including phenoxy) is 1. The first-order valence-corrected chi connectivity index (χ1v) is 12.2. The minimum atomic E-state index is -0.496. The molecule has 0 spiro atoms. The third kappa shape index (κ3) is 5.37. The van der Waals surface area contributed by atoms with E-state index in [0.29, 0.717) is 21.5 Å². The number of rotatable bonds is 5. The van der Waals surface area contributed by atoms with Crippen LogP contribution in [0.3, 0.4) is 0 Å². The fraction of sp³-hybridized carbons (Fsp3) is 0.370. The molecule has 1 aliphatic rings. The number of carbonyl (C=O) groups excluding carboxylic acids is 2. The van der Waals surface area contributed by atoms with E-state index in [1.54, 1.807) is 18.2 Å². The van der Waals surface area contributed by atoms with Gasteiger partial charge < -0.3 is 10.1 Å². The third-order valence-corrected chi connectivity index (χ3v) is 7.10. The summed E-state index contributed by atoms with van der Waals surface area (Å²) >= 11 is 12.1. The van der Waals surface area contributed by atoms with Crippen LogP contribution in [0.1, 0.15) is 54.4 Å². The van der Waals surface area contributed by atoms with Crippen molar-refractivity contribution in [1.82, 2.24) is 10.3 Å². The number of nitrogens with one attached hydrogen (secondary N) is 1. The number of pyridine rings is 1. The molecular formula is C27H28Cl2N2O3. The van der Waals surface area contributed by atoms with Crippen molar-refractivity contribution in [1.29, 1.82) is 0 Å². The summed E-state index contributed by atoms with van der Waals surface area (Å²) in [5.74, 6) is -0.467. The molecule has 1 aromatic heterocycles. The van der Waals surface area contributed by atoms with Crippen molar-refractivity contribution in [3.05, 3.63) is 74.9 Å². The Bertz CT molecular complexity index is 1250. The predicted molar refractivity (Wildman–Crippen MR) is 135 cm³/mol. The largest absolute Gasteiger partial charge is 0.452 e. The fourth-order valence-corrected chi connectivity index (χ4v) is 4.95. The van der Waals surface area contributed by atoms with Gasteiger partial charge in [-0.2, -0.15) is 0 Å². The van der Waals surface area contributed by atoms with Gasteiger partial charge in [0.1, 0.15) is 0 Å². The van der Waals surface area contributed by atoms with Crippen molar-refractivity contribution in [2.75, 3.05) is 6.61 Å². The highest BCUT2D eigenvalue weighted by molar-refractivity contribution is 6.35. The average Bonchev–Trinajstić information content (AvgIpc) is 2.79. The SMILES string of the molecule is CC(C)(C)C1CCc2nc3ccccc3c(C(=O)OCC(=O)NCc3ccc(Cl)cc3Cl)c2C1. The Balaban J connectivity index is 1.52. The summed E-state index contributed by atoms with van der Waals surface area (Å²) in [5.41, 5.74) is 4.05. The summed E-state index contributed by atoms with van der Waals surface area (Å²) in [6.45, 7) is 6.52. The highest BCUT2D eigenvalue weighted by atomic mass is 35.5. The zero-order valence-electron chi connectivity index (χ0n) is 19.6. The van der Waals surface area contributed by atoms with Crippen LogP contribution in [-0.4, -0.2) is 23.5 Å². The lowest BCUT2D eigenvalue weighted by Crippen LogP contribution is -2.30. The quantitative estimate of drug-likeness (QED) is 0.427. The van der Waals surface area contributed by atoms with Gasteiger partial charge >= 0.3 is 5.97 Å². The second-order valence-corrected chi connectivity index (χ2v) is 10.7. The highest BCUT2D eigenvalue weighted by Gasteiger charge is 2.33. The van der Waals surface area contributed by atoms with E-state index >= 15 is 0 Å². The smallest absolute Gasteiger partial charge is 0.339 e. The average molecular weight is 499 g/mol. The molecule has 0 bridgehead atoms. The molecule has 0 fully saturated rings. The number of amides is 1. The van der Waals surface area contributed by atoms with E-state index in [0.717, 1.165) is 47.0 Å². The number of para-hydroxylation sites is 1. The maximum Gasteiger partial charge on any atom is 0.339 e. The van der Waals surface area contributed by atoms with Crippen LogP contribution in [0.4, 0.5) is 0 Å². The van der Waals surface area contributed by atoms with Gasteiger partial charge in [0.05, 0.1) is 11.1 Å². The molecule has 1 amide bonds. The highest BCUT2D eigenvalue weighted by Crippen LogP contribution is 2.39. The molecule has 1 aliphatic carbocycles. The number of carbonyl (C=O) groups is 2. The first kappa shape index (κ1) is 24.5. The van der Waals surface area contributed by atoms with E-state index in [9.17, 15) is 9.59 Å². The van der Waals surface area contributed by atoms with Gasteiger partial charge in [-0.25, -0.2) is 4.79 Å². The molecule has 0 radical (unpaired) electrons. The number of esters is 1. The van der Waals surface area contributed by atoms with Gasteiger partial charge in [-0.15, -0.1) is 0 Å². The maximum atomic E-state index is 13.3. The van der Waals surface area contributed by atoms with E-state index < -0.39 is 11.9 Å². The Hall–Kier alpha value is -2.63. The first-order valence-electron chi connectivity index (χ1n) is 11.4. The minimum absolute atomic E-state index is 0.118. The van der Waals surface area contributed by atoms with Crippen LogP contribution in [-0.2, 0) is 28.9 Å². The zero-order chi connectivity index (χ0) is 24.5. The number of aryl methyl sites for hydroxylation is 1. The summed E-state index contributed by atoms with van der Waals surface area (Å²) in [5, 5.41) is 4.48. The van der Waals surface area contributed by atoms with Crippen LogP contribution in [0.15, 0.2) is 42.5 Å². The summed E-state index contributed by atoms with van der Waals surface area (Å²) in [6.07, 6.45) is 2.62. The predicted octanol–water partition coefficient (Wildman–Crippen LogP) is 6.17. The molecule has 0 saturated carbocycles. The molecule has 2 aromatic carbocycles. The van der Waals surface area contributed by atoms with Crippen LogP contribution in [0.5, 0.6) is 0 Å². The number of halogens is 2. The lowest BCUT2D eigenvalue weighted by atomic mass is 9.70. The Kier molecular flexibility index (Phi) is 7.15. The van der Waals surface area contributed by atoms with Crippen LogP contribution in [0.25, 0.3) is 10.9 Å². The second-order valence-electron chi connectivity index (χ2n) is 9.82. The van der Waals surface area contributed by atoms with E-state index in [4.69, 9.17) is 32.9 Å². The van der Waals surface area contributed by atoms with Crippen LogP contribution >= 0.6 is 23.2 Å². The molecule has 3 aromatic rings. The molecule has 0 aliphatic heterocycles. The minimum Gasteiger partial charge on any atom is -0.452 e. The van der Waals surface area contributed by atoms with Crippen LogP contribution in [0, 0.1) is 11.3 Å². The van der Waals surface area contributed by atoms with E-state index in [1.807, 2.05) is 24.3 Å². The molecular weight excluding hydrogens is 471 g/mol. The van der Waals surface area contributed by atoms with E-state index in [-0.39, 0.29) is 18.6 Å². The molecule has 1 heterocycles. The molecule has 7 heteroatoms. The van der Waals surface area contributed by atoms with Gasteiger partial charge in [0, 0.05) is 27.7 Å². The molecule has 178 valence electrons. The molecule has 0 saturated heterocycles. The molecule has 1 atom stereocenters. The van der Waals surface area contributed by atoms with Crippen molar-refractivity contribution < 1.29 is 14.3 Å². The molecule has 1 N–H and O–H groups in total. The number of fused-ring (bicyclic) bond motifs is 2. The number of hydrogen-bond acceptors (Lipinski definition) is 4. The zero-order valence-corrected chi connectivity index (χ0v) is 21.1. The van der Waals surface area contributed by atoms with Gasteiger partial charge in [0.25, 0.3) is 5.91 Å². The number of hydrogen-bond donors (Lipinski definition) is 1. The number of aromatic nitrogens is 1. The first-order chi connectivity index (χ1) is 16.1. The van der Waals surface area contributed by atoms with Crippen molar-refractivity contribution in [2.45, 2.75) is 46.6 Å². The van der Waals surface area contributed by atoms with Crippen molar-refractivity contribution >= 4 is 46.0 Å². The molecule has 4 rings (SSSR count). The second kappa shape index (κ2) is 9.93. The van der Waals surface area contributed by atoms with Gasteiger partial charge in [-0.05, 0) is 59.9 Å². The Labute approximate surface area is 209 Å². The van der Waals surface area contributed by atoms with Gasteiger partial charge in [-0.1, -0.05) is 68.2 Å². The summed E-state index contributed by atoms with van der Waals surface area (Å²) in [6, 6.07) is 12.7. The van der Waals surface area contributed by atoms with E-state index in [2.05, 4.69) is 26.1 Å². The standard InChI is InChI=1S/C27H28Cl2N2O3/c1-27(2,3)17-9-11-23-20(12-17)25(19-6-4-5-7-22(19)31-23)26(33)34-15-24(32)30-14-16-8-10-18(28)13-21(16)29/h4-8,10,13,17H,9,11-12,14-15H2,1-3H3,(H,30,32). The lowest BCUT2D eigenvalue weighted by molar-refractivity contribution is -0.124.